The fourth-order valence-corrected chi connectivity index (χ4v) is 2.61. The third kappa shape index (κ3) is 2.10. The van der Waals surface area contributed by atoms with Crippen LogP contribution in [0.3, 0.4) is 0 Å². The largest absolute Gasteiger partial charge is 0.355 e. The van der Waals surface area contributed by atoms with E-state index < -0.39 is 0 Å². The van der Waals surface area contributed by atoms with Gasteiger partial charge in [-0.25, -0.2) is 9.97 Å². The quantitative estimate of drug-likeness (QED) is 0.761. The third-order valence-electron chi connectivity index (χ3n) is 3.29. The van der Waals surface area contributed by atoms with Crippen molar-refractivity contribution in [2.45, 2.75) is 18.6 Å². The molecule has 92 valence electrons. The number of hydrogen-bond acceptors (Lipinski definition) is 5. The van der Waals surface area contributed by atoms with Crippen LogP contribution in [0.4, 0.5) is 5.82 Å². The molecule has 0 aromatic carbocycles. The molecule has 2 fully saturated rings. The van der Waals surface area contributed by atoms with E-state index in [4.69, 9.17) is 21.1 Å². The Morgan fingerprint density at radius 3 is 2.59 bits per heavy atom. The number of rotatable bonds is 1. The van der Waals surface area contributed by atoms with Crippen LogP contribution >= 0.6 is 11.6 Å². The van der Waals surface area contributed by atoms with Crippen molar-refractivity contribution in [2.24, 2.45) is 0 Å². The number of ether oxygens (including phenoxy) is 2. The lowest BCUT2D eigenvalue weighted by molar-refractivity contribution is -0.169. The van der Waals surface area contributed by atoms with Crippen LogP contribution in [0.2, 0.25) is 5.02 Å². The maximum absolute atomic E-state index is 6.08. The minimum absolute atomic E-state index is 0.351. The Balaban J connectivity index is 1.71. The van der Waals surface area contributed by atoms with Gasteiger partial charge < -0.3 is 14.4 Å². The van der Waals surface area contributed by atoms with Crippen molar-refractivity contribution in [1.29, 1.82) is 0 Å². The van der Waals surface area contributed by atoms with Crippen molar-refractivity contribution in [3.05, 3.63) is 17.5 Å². The molecular formula is C11H14ClN3O2. The second kappa shape index (κ2) is 4.40. The van der Waals surface area contributed by atoms with Crippen molar-refractivity contribution >= 4 is 17.4 Å². The van der Waals surface area contributed by atoms with Crippen molar-refractivity contribution in [3.8, 4) is 0 Å². The van der Waals surface area contributed by atoms with Crippen LogP contribution < -0.4 is 4.90 Å². The van der Waals surface area contributed by atoms with Crippen LogP contribution in [0.15, 0.2) is 12.5 Å². The van der Waals surface area contributed by atoms with E-state index in [1.807, 2.05) is 0 Å². The van der Waals surface area contributed by atoms with Crippen LogP contribution in [0, 0.1) is 0 Å². The summed E-state index contributed by atoms with van der Waals surface area (Å²) >= 11 is 6.08. The maximum Gasteiger partial charge on any atom is 0.171 e. The Bertz CT molecular complexity index is 399. The molecule has 0 saturated carbocycles. The molecule has 5 nitrogen and oxygen atoms in total. The minimum atomic E-state index is -0.351. The molecule has 0 amide bonds. The molecule has 2 saturated heterocycles. The molecule has 3 heterocycles. The second-order valence-corrected chi connectivity index (χ2v) is 4.70. The Morgan fingerprint density at radius 2 is 1.94 bits per heavy atom. The fraction of sp³-hybridized carbons (Fsp3) is 0.636. The summed E-state index contributed by atoms with van der Waals surface area (Å²) in [7, 11) is 0. The van der Waals surface area contributed by atoms with E-state index in [-0.39, 0.29) is 5.79 Å². The van der Waals surface area contributed by atoms with Crippen LogP contribution in [-0.2, 0) is 9.47 Å². The van der Waals surface area contributed by atoms with E-state index in [0.29, 0.717) is 18.2 Å². The van der Waals surface area contributed by atoms with E-state index in [2.05, 4.69) is 14.9 Å². The molecule has 0 unspecified atom stereocenters. The molecule has 1 aromatic heterocycles. The summed E-state index contributed by atoms with van der Waals surface area (Å²) in [6.07, 6.45) is 4.85. The number of hydrogen-bond donors (Lipinski definition) is 0. The summed E-state index contributed by atoms with van der Waals surface area (Å²) in [5.74, 6) is 0.449. The highest BCUT2D eigenvalue weighted by Crippen LogP contribution is 2.34. The molecule has 0 bridgehead atoms. The van der Waals surface area contributed by atoms with Crippen LogP contribution in [0.25, 0.3) is 0 Å². The Labute approximate surface area is 105 Å². The predicted octanol–water partition coefficient (Wildman–Crippen LogP) is 1.47. The average molecular weight is 256 g/mol. The van der Waals surface area contributed by atoms with E-state index >= 15 is 0 Å². The fourth-order valence-electron chi connectivity index (χ4n) is 2.38. The maximum atomic E-state index is 6.08. The van der Waals surface area contributed by atoms with Gasteiger partial charge in [0.15, 0.2) is 11.6 Å². The summed E-state index contributed by atoms with van der Waals surface area (Å²) in [6, 6.07) is 0. The van der Waals surface area contributed by atoms with E-state index in [1.165, 1.54) is 6.33 Å². The van der Waals surface area contributed by atoms with Gasteiger partial charge in [-0.05, 0) is 0 Å². The Hall–Kier alpha value is -0.910. The Morgan fingerprint density at radius 1 is 1.24 bits per heavy atom. The minimum Gasteiger partial charge on any atom is -0.355 e. The van der Waals surface area contributed by atoms with E-state index in [1.54, 1.807) is 6.20 Å². The van der Waals surface area contributed by atoms with E-state index in [0.717, 1.165) is 31.7 Å². The molecule has 0 atom stereocenters. The third-order valence-corrected chi connectivity index (χ3v) is 3.55. The molecule has 1 spiro atoms. The second-order valence-electron chi connectivity index (χ2n) is 4.29. The average Bonchev–Trinajstić information content (AvgIpc) is 2.80. The van der Waals surface area contributed by atoms with Crippen LogP contribution in [0.1, 0.15) is 12.8 Å². The zero-order chi connectivity index (χ0) is 11.7. The predicted molar refractivity (Wildman–Crippen MR) is 63.1 cm³/mol. The molecule has 0 radical (unpaired) electrons. The summed E-state index contributed by atoms with van der Waals surface area (Å²) < 4.78 is 11.4. The van der Waals surface area contributed by atoms with Gasteiger partial charge in [-0.1, -0.05) is 11.6 Å². The van der Waals surface area contributed by atoms with Crippen molar-refractivity contribution in [1.82, 2.24) is 9.97 Å². The highest BCUT2D eigenvalue weighted by molar-refractivity contribution is 6.32. The summed E-state index contributed by atoms with van der Waals surface area (Å²) in [6.45, 7) is 3.09. The van der Waals surface area contributed by atoms with Gasteiger partial charge in [0, 0.05) is 25.9 Å². The van der Waals surface area contributed by atoms with Crippen molar-refractivity contribution in [2.75, 3.05) is 31.2 Å². The van der Waals surface area contributed by atoms with Crippen molar-refractivity contribution < 1.29 is 9.47 Å². The first-order chi connectivity index (χ1) is 8.29. The topological polar surface area (TPSA) is 47.5 Å². The highest BCUT2D eigenvalue weighted by Gasteiger charge is 2.40. The van der Waals surface area contributed by atoms with Gasteiger partial charge in [-0.3, -0.25) is 0 Å². The monoisotopic (exact) mass is 255 g/mol. The molecule has 0 aliphatic carbocycles. The molecule has 1 aromatic rings. The van der Waals surface area contributed by atoms with Gasteiger partial charge in [-0.15, -0.1) is 0 Å². The standard InChI is InChI=1S/C11H14ClN3O2/c12-9-7-13-8-14-10(9)15-3-1-11(2-4-15)16-5-6-17-11/h7-8H,1-6H2. The number of anilines is 1. The zero-order valence-electron chi connectivity index (χ0n) is 9.43. The van der Waals surface area contributed by atoms with Gasteiger partial charge in [-0.2, -0.15) is 0 Å². The van der Waals surface area contributed by atoms with Gasteiger partial charge in [0.1, 0.15) is 11.3 Å². The first kappa shape index (κ1) is 11.2. The van der Waals surface area contributed by atoms with Gasteiger partial charge >= 0.3 is 0 Å². The highest BCUT2D eigenvalue weighted by atomic mass is 35.5. The number of halogens is 1. The lowest BCUT2D eigenvalue weighted by atomic mass is 10.0. The molecule has 6 heteroatoms. The normalized spacial score (nSPS) is 23.2. The Kier molecular flexibility index (Phi) is 2.90. The lowest BCUT2D eigenvalue weighted by Crippen LogP contribution is -2.45. The van der Waals surface area contributed by atoms with Gasteiger partial charge in [0.05, 0.1) is 19.4 Å². The number of nitrogens with zero attached hydrogens (tertiary/aromatic N) is 3. The lowest BCUT2D eigenvalue weighted by Gasteiger charge is -2.38. The van der Waals surface area contributed by atoms with Crippen LogP contribution in [-0.4, -0.2) is 42.1 Å². The zero-order valence-corrected chi connectivity index (χ0v) is 10.2. The van der Waals surface area contributed by atoms with Gasteiger partial charge in [0.2, 0.25) is 0 Å². The van der Waals surface area contributed by atoms with Crippen molar-refractivity contribution in [3.63, 3.8) is 0 Å². The first-order valence-corrected chi connectivity index (χ1v) is 6.15. The SMILES string of the molecule is Clc1cncnc1N1CCC2(CC1)OCCO2. The number of piperidine rings is 1. The smallest absolute Gasteiger partial charge is 0.171 e. The summed E-state index contributed by atoms with van der Waals surface area (Å²) in [5, 5.41) is 0.594. The van der Waals surface area contributed by atoms with Gasteiger partial charge in [0.25, 0.3) is 0 Å². The van der Waals surface area contributed by atoms with Crippen LogP contribution in [0.5, 0.6) is 0 Å². The summed E-state index contributed by atoms with van der Waals surface area (Å²) in [4.78, 5) is 10.3. The molecular weight excluding hydrogens is 242 g/mol. The summed E-state index contributed by atoms with van der Waals surface area (Å²) in [5.41, 5.74) is 0. The molecule has 2 aliphatic heterocycles. The van der Waals surface area contributed by atoms with E-state index in [9.17, 15) is 0 Å². The number of aromatic nitrogens is 2. The first-order valence-electron chi connectivity index (χ1n) is 5.77. The molecule has 3 rings (SSSR count). The molecule has 0 N–H and O–H groups in total. The molecule has 17 heavy (non-hydrogen) atoms. The molecule has 2 aliphatic rings.